The molecular formula is C22H37IN4O4. The van der Waals surface area contributed by atoms with Crippen molar-refractivity contribution in [2.75, 3.05) is 33.3 Å². The molecule has 0 radical (unpaired) electrons. The van der Waals surface area contributed by atoms with Gasteiger partial charge in [-0.15, -0.1) is 24.0 Å². The van der Waals surface area contributed by atoms with Crippen LogP contribution in [-0.2, 0) is 4.74 Å². The maximum absolute atomic E-state index is 12.4. The second-order valence-electron chi connectivity index (χ2n) is 8.42. The number of likely N-dealkylation sites (tertiary alicyclic amines) is 1. The van der Waals surface area contributed by atoms with Crippen LogP contribution in [0.25, 0.3) is 0 Å². The van der Waals surface area contributed by atoms with Gasteiger partial charge in [-0.25, -0.2) is 4.79 Å². The molecule has 0 bridgehead atoms. The van der Waals surface area contributed by atoms with E-state index in [1.165, 1.54) is 0 Å². The summed E-state index contributed by atoms with van der Waals surface area (Å²) in [5, 5.41) is 17.1. The van der Waals surface area contributed by atoms with Crippen molar-refractivity contribution in [2.45, 2.75) is 58.3 Å². The van der Waals surface area contributed by atoms with Gasteiger partial charge < -0.3 is 30.1 Å². The van der Waals surface area contributed by atoms with Crippen molar-refractivity contribution < 1.29 is 19.4 Å². The molecule has 0 spiro atoms. The highest BCUT2D eigenvalue weighted by molar-refractivity contribution is 14.0. The molecule has 1 aliphatic heterocycles. The first-order valence-electron chi connectivity index (χ1n) is 10.6. The van der Waals surface area contributed by atoms with Crippen molar-refractivity contribution in [3.05, 3.63) is 29.8 Å². The normalized spacial score (nSPS) is 17.9. The fraction of sp³-hybridized carbons (Fsp3) is 0.636. The molecule has 9 heteroatoms. The quantitative estimate of drug-likeness (QED) is 0.287. The molecule has 1 aromatic rings. The van der Waals surface area contributed by atoms with E-state index in [1.807, 2.05) is 45.9 Å². The molecule has 1 heterocycles. The van der Waals surface area contributed by atoms with E-state index in [0.717, 1.165) is 18.4 Å². The number of piperidine rings is 1. The summed E-state index contributed by atoms with van der Waals surface area (Å²) in [6.45, 7) is 9.75. The van der Waals surface area contributed by atoms with Gasteiger partial charge in [0.25, 0.3) is 0 Å². The van der Waals surface area contributed by atoms with E-state index in [0.29, 0.717) is 31.3 Å². The summed E-state index contributed by atoms with van der Waals surface area (Å²) in [7, 11) is 1.60. The topological polar surface area (TPSA) is 95.4 Å². The van der Waals surface area contributed by atoms with Gasteiger partial charge in [0, 0.05) is 25.7 Å². The number of methoxy groups -OCH3 is 1. The number of halogens is 1. The van der Waals surface area contributed by atoms with E-state index in [9.17, 15) is 9.90 Å². The fourth-order valence-corrected chi connectivity index (χ4v) is 3.23. The zero-order valence-electron chi connectivity index (χ0n) is 19.2. The summed E-state index contributed by atoms with van der Waals surface area (Å²) < 4.78 is 10.7. The Morgan fingerprint density at radius 1 is 1.39 bits per heavy atom. The van der Waals surface area contributed by atoms with Crippen LogP contribution in [0.4, 0.5) is 4.79 Å². The lowest BCUT2D eigenvalue weighted by atomic mass is 10.1. The van der Waals surface area contributed by atoms with Crippen LogP contribution in [0.1, 0.15) is 52.2 Å². The smallest absolute Gasteiger partial charge is 0.410 e. The van der Waals surface area contributed by atoms with Crippen molar-refractivity contribution in [2.24, 2.45) is 4.99 Å². The number of guanidine groups is 1. The molecule has 8 nitrogen and oxygen atoms in total. The first-order valence-corrected chi connectivity index (χ1v) is 10.6. The number of aliphatic hydroxyl groups is 1. The van der Waals surface area contributed by atoms with E-state index >= 15 is 0 Å². The van der Waals surface area contributed by atoms with Crippen LogP contribution in [0.5, 0.6) is 5.75 Å². The molecule has 0 aliphatic carbocycles. The minimum Gasteiger partial charge on any atom is -0.497 e. The lowest BCUT2D eigenvalue weighted by Crippen LogP contribution is -2.53. The predicted molar refractivity (Wildman–Crippen MR) is 133 cm³/mol. The zero-order valence-corrected chi connectivity index (χ0v) is 21.5. The van der Waals surface area contributed by atoms with Crippen LogP contribution < -0.4 is 15.4 Å². The van der Waals surface area contributed by atoms with E-state index < -0.39 is 11.7 Å². The Hall–Kier alpha value is -1.75. The molecule has 176 valence electrons. The Morgan fingerprint density at radius 3 is 2.77 bits per heavy atom. The monoisotopic (exact) mass is 548 g/mol. The van der Waals surface area contributed by atoms with Crippen LogP contribution in [0, 0.1) is 0 Å². The molecular weight excluding hydrogens is 511 g/mol. The lowest BCUT2D eigenvalue weighted by Gasteiger charge is -2.35. The standard InChI is InChI=1S/C22H36N4O4.HI/c1-6-23-20(24-14-19(27)16-9-7-11-18(13-16)29-5)25-17-10-8-12-26(15-17)21(28)30-22(2,3)4;/h7,9,11,13,17,19,27H,6,8,10,12,14-15H2,1-5H3,(H2,23,24,25);1H. The SMILES string of the molecule is CCNC(=NCC(O)c1cccc(OC)c1)NC1CCCN(C(=O)OC(C)(C)C)C1.I. The first-order chi connectivity index (χ1) is 14.2. The van der Waals surface area contributed by atoms with Crippen molar-refractivity contribution in [3.8, 4) is 5.75 Å². The highest BCUT2D eigenvalue weighted by Crippen LogP contribution is 2.19. The number of aliphatic hydroxyl groups excluding tert-OH is 1. The lowest BCUT2D eigenvalue weighted by molar-refractivity contribution is 0.0193. The van der Waals surface area contributed by atoms with Crippen LogP contribution in [-0.4, -0.2) is 67.0 Å². The zero-order chi connectivity index (χ0) is 22.1. The number of carbonyl (C=O) groups is 1. The van der Waals surface area contributed by atoms with Gasteiger partial charge in [0.05, 0.1) is 19.8 Å². The van der Waals surface area contributed by atoms with Crippen molar-refractivity contribution in [1.29, 1.82) is 0 Å². The third kappa shape index (κ3) is 9.51. The Kier molecular flexibility index (Phi) is 11.4. The molecule has 1 aliphatic rings. The minimum absolute atomic E-state index is 0. The predicted octanol–water partition coefficient (Wildman–Crippen LogP) is 3.30. The average Bonchev–Trinajstić information content (AvgIpc) is 2.71. The van der Waals surface area contributed by atoms with Gasteiger partial charge in [0.1, 0.15) is 11.4 Å². The van der Waals surface area contributed by atoms with Gasteiger partial charge in [0.2, 0.25) is 0 Å². The molecule has 2 rings (SSSR count). The Labute approximate surface area is 202 Å². The van der Waals surface area contributed by atoms with Gasteiger partial charge in [0.15, 0.2) is 5.96 Å². The van der Waals surface area contributed by atoms with Crippen molar-refractivity contribution >= 4 is 36.0 Å². The summed E-state index contributed by atoms with van der Waals surface area (Å²) >= 11 is 0. The van der Waals surface area contributed by atoms with Gasteiger partial charge in [-0.2, -0.15) is 0 Å². The number of carbonyl (C=O) groups excluding carboxylic acids is 1. The third-order valence-corrected chi connectivity index (χ3v) is 4.66. The van der Waals surface area contributed by atoms with E-state index in [1.54, 1.807) is 18.1 Å². The van der Waals surface area contributed by atoms with E-state index in [-0.39, 0.29) is 42.7 Å². The second-order valence-corrected chi connectivity index (χ2v) is 8.42. The number of nitrogens with one attached hydrogen (secondary N) is 2. The third-order valence-electron chi connectivity index (χ3n) is 4.66. The number of aliphatic imine (C=N–C) groups is 1. The van der Waals surface area contributed by atoms with Crippen LogP contribution in [0.15, 0.2) is 29.3 Å². The fourth-order valence-electron chi connectivity index (χ4n) is 3.23. The first kappa shape index (κ1) is 27.3. The summed E-state index contributed by atoms with van der Waals surface area (Å²) in [4.78, 5) is 18.7. The van der Waals surface area contributed by atoms with Gasteiger partial charge in [-0.1, -0.05) is 12.1 Å². The molecule has 0 aromatic heterocycles. The maximum Gasteiger partial charge on any atom is 0.410 e. The highest BCUT2D eigenvalue weighted by atomic mass is 127. The van der Waals surface area contributed by atoms with Crippen molar-refractivity contribution in [1.82, 2.24) is 15.5 Å². The number of amides is 1. The van der Waals surface area contributed by atoms with Gasteiger partial charge in [-0.05, 0) is 58.2 Å². The van der Waals surface area contributed by atoms with Gasteiger partial charge in [-0.3, -0.25) is 4.99 Å². The molecule has 31 heavy (non-hydrogen) atoms. The summed E-state index contributed by atoms with van der Waals surface area (Å²) in [6, 6.07) is 7.41. The number of hydrogen-bond acceptors (Lipinski definition) is 5. The average molecular weight is 548 g/mol. The Morgan fingerprint density at radius 2 is 2.13 bits per heavy atom. The van der Waals surface area contributed by atoms with Crippen LogP contribution in [0.3, 0.4) is 0 Å². The minimum atomic E-state index is -0.736. The number of hydrogen-bond donors (Lipinski definition) is 3. The molecule has 2 unspecified atom stereocenters. The second kappa shape index (κ2) is 12.9. The number of nitrogens with zero attached hydrogens (tertiary/aromatic N) is 2. The van der Waals surface area contributed by atoms with E-state index in [2.05, 4.69) is 15.6 Å². The maximum atomic E-state index is 12.4. The molecule has 1 aromatic carbocycles. The Bertz CT molecular complexity index is 724. The summed E-state index contributed by atoms with van der Waals surface area (Å²) in [5.74, 6) is 1.32. The summed E-state index contributed by atoms with van der Waals surface area (Å²) in [5.41, 5.74) is 0.243. The molecule has 2 atom stereocenters. The molecule has 1 fully saturated rings. The largest absolute Gasteiger partial charge is 0.497 e. The molecule has 0 saturated carbocycles. The van der Waals surface area contributed by atoms with Gasteiger partial charge >= 0.3 is 6.09 Å². The van der Waals surface area contributed by atoms with Crippen LogP contribution in [0.2, 0.25) is 0 Å². The van der Waals surface area contributed by atoms with E-state index in [4.69, 9.17) is 9.47 Å². The number of rotatable bonds is 6. The summed E-state index contributed by atoms with van der Waals surface area (Å²) in [6.07, 6.45) is 0.801. The highest BCUT2D eigenvalue weighted by Gasteiger charge is 2.28. The molecule has 3 N–H and O–H groups in total. The molecule has 1 saturated heterocycles. The Balaban J connectivity index is 0.00000480. The van der Waals surface area contributed by atoms with Crippen molar-refractivity contribution in [3.63, 3.8) is 0 Å². The van der Waals surface area contributed by atoms with Crippen LogP contribution >= 0.6 is 24.0 Å². The number of ether oxygens (including phenoxy) is 2. The number of benzene rings is 1. The molecule has 1 amide bonds.